The van der Waals surface area contributed by atoms with E-state index in [4.69, 9.17) is 40.0 Å². The summed E-state index contributed by atoms with van der Waals surface area (Å²) in [4.78, 5) is 10.3. The molecule has 0 bridgehead atoms. The van der Waals surface area contributed by atoms with Gasteiger partial charge in [-0.2, -0.15) is 0 Å². The number of phosphoric ester groups is 1. The van der Waals surface area contributed by atoms with E-state index in [-0.39, 0.29) is 24.7 Å². The molecule has 2 saturated heterocycles. The highest BCUT2D eigenvalue weighted by molar-refractivity contribution is 7.47. The van der Waals surface area contributed by atoms with E-state index >= 15 is 0 Å². The Hall–Kier alpha value is 0.322. The van der Waals surface area contributed by atoms with Crippen LogP contribution < -0.4 is 0 Å². The monoisotopic (exact) mass is 460 g/mol. The summed E-state index contributed by atoms with van der Waals surface area (Å²) in [5.41, 5.74) is 0. The second-order valence-electron chi connectivity index (χ2n) is 9.19. The number of aliphatic hydroxyl groups excluding tert-OH is 2. The van der Waals surface area contributed by atoms with Gasteiger partial charge in [0.15, 0.2) is 8.32 Å². The molecule has 0 aromatic carbocycles. The average Bonchev–Trinajstić information content (AvgIpc) is 3.13. The zero-order valence-electron chi connectivity index (χ0n) is 19.1. The molecule has 8 atom stereocenters. The molecule has 30 heavy (non-hydrogen) atoms. The maximum Gasteiger partial charge on any atom is 0.472 e. The average molecular weight is 460 g/mol. The Balaban J connectivity index is 2.10. The summed E-state index contributed by atoms with van der Waals surface area (Å²) in [6, 6.07) is -1.41. The van der Waals surface area contributed by atoms with Crippen molar-refractivity contribution >= 4 is 38.9 Å². The van der Waals surface area contributed by atoms with Crippen molar-refractivity contribution in [2.24, 2.45) is 0 Å². The van der Waals surface area contributed by atoms with E-state index in [2.05, 4.69) is 5.11 Å². The predicted molar refractivity (Wildman–Crippen MR) is 115 cm³/mol. The van der Waals surface area contributed by atoms with Crippen LogP contribution in [0.15, 0.2) is 0 Å². The zero-order chi connectivity index (χ0) is 23.6. The summed E-state index contributed by atoms with van der Waals surface area (Å²) in [6.07, 6.45) is -4.34. The van der Waals surface area contributed by atoms with E-state index in [9.17, 15) is 14.6 Å². The van der Waals surface area contributed by atoms with Gasteiger partial charge in [-0.3, -0.25) is 9.05 Å². The van der Waals surface area contributed by atoms with E-state index < -0.39 is 58.7 Å². The lowest BCUT2D eigenvalue weighted by Crippen LogP contribution is -2.50. The Morgan fingerprint density at radius 3 is 2.50 bits per heavy atom. The predicted octanol–water partition coefficient (Wildman–Crippen LogP) is 0.0283. The molecule has 9 nitrogen and oxygen atoms in total. The van der Waals surface area contributed by atoms with Crippen LogP contribution in [0.4, 0.5) is 0 Å². The Morgan fingerprint density at radius 1 is 1.30 bits per heavy atom. The summed E-state index contributed by atoms with van der Waals surface area (Å²) >= 11 is 0. The molecule has 2 aliphatic heterocycles. The Morgan fingerprint density at radius 2 is 1.97 bits per heavy atom. The van der Waals surface area contributed by atoms with Crippen LogP contribution >= 0.6 is 7.82 Å². The second-order valence-corrected chi connectivity index (χ2v) is 15.4. The van der Waals surface area contributed by atoms with E-state index in [1.807, 2.05) is 33.9 Å². The standard InChI is InChI=1S/C16H31B3O9PSi/c1-16(2,3)30(4,5)28-14-13(10(7-20)26-15(14)17)27-29(22,23)24-8-11-9(21)6-12(19-18)25-11/h9-15,20-21H,6-8H2,1-5H3,(H,22,23)/t9?,10-,11-,12-,13?,14+,15-/m1/s1/i20D. The van der Waals surface area contributed by atoms with E-state index in [0.717, 1.165) is 0 Å². The highest BCUT2D eigenvalue weighted by Gasteiger charge is 2.51. The summed E-state index contributed by atoms with van der Waals surface area (Å²) in [7, 11) is 5.80. The minimum atomic E-state index is -4.63. The normalized spacial score (nSPS) is 37.7. The molecular weight excluding hydrogens is 428 g/mol. The minimum Gasteiger partial charge on any atom is -0.409 e. The smallest absolute Gasteiger partial charge is 0.409 e. The Kier molecular flexibility index (Phi) is 8.38. The molecule has 0 aliphatic carbocycles. The van der Waals surface area contributed by atoms with Crippen LogP contribution in [0.25, 0.3) is 0 Å². The van der Waals surface area contributed by atoms with Crippen LogP contribution in [0, 0.1) is 0 Å². The van der Waals surface area contributed by atoms with Gasteiger partial charge in [0.2, 0.25) is 1.43 Å². The molecule has 0 aromatic rings. The van der Waals surface area contributed by atoms with Crippen LogP contribution in [-0.2, 0) is 27.5 Å². The number of rotatable bonds is 10. The van der Waals surface area contributed by atoms with Crippen molar-refractivity contribution in [2.75, 3.05) is 13.2 Å². The highest BCUT2D eigenvalue weighted by atomic mass is 31.2. The SMILES string of the molecule is [2H]OC[C@H]1O[C@@H]([B])[C@@H](O[Si](C)(C)C(C)(C)C)C1OP(=O)(O)OC[C@H]1O[C@@H]([B][B])CC1O. The van der Waals surface area contributed by atoms with Crippen molar-refractivity contribution in [3.63, 3.8) is 0 Å². The van der Waals surface area contributed by atoms with Crippen LogP contribution in [0.1, 0.15) is 27.2 Å². The van der Waals surface area contributed by atoms with E-state index in [1.165, 1.54) is 7.17 Å². The molecule has 2 fully saturated rings. The fraction of sp³-hybridized carbons (Fsp3) is 1.00. The van der Waals surface area contributed by atoms with Gasteiger partial charge in [-0.15, -0.1) is 0 Å². The second kappa shape index (κ2) is 10.1. The van der Waals surface area contributed by atoms with Gasteiger partial charge in [0.25, 0.3) is 0 Å². The third-order valence-electron chi connectivity index (χ3n) is 5.87. The molecule has 2 rings (SSSR count). The lowest BCUT2D eigenvalue weighted by Gasteiger charge is -2.40. The summed E-state index contributed by atoms with van der Waals surface area (Å²) < 4.78 is 47.5. The lowest BCUT2D eigenvalue weighted by atomic mass is 9.51. The number of hydrogen-bond donors (Lipinski definition) is 3. The molecule has 0 amide bonds. The lowest BCUT2D eigenvalue weighted by molar-refractivity contribution is -0.0303. The number of ether oxygens (including phenoxy) is 2. The fourth-order valence-corrected chi connectivity index (χ4v) is 5.32. The first-order chi connectivity index (χ1) is 14.2. The van der Waals surface area contributed by atoms with Gasteiger partial charge in [-0.1, -0.05) is 20.8 Å². The quantitative estimate of drug-likeness (QED) is 0.306. The van der Waals surface area contributed by atoms with Gasteiger partial charge in [0.05, 0.1) is 32.6 Å². The molecule has 2 aliphatic rings. The van der Waals surface area contributed by atoms with E-state index in [1.54, 1.807) is 0 Å². The summed E-state index contributed by atoms with van der Waals surface area (Å²) in [6.45, 7) is 9.51. The number of hydrogen-bond acceptors (Lipinski definition) is 8. The van der Waals surface area contributed by atoms with Crippen molar-refractivity contribution < 1.29 is 42.6 Å². The van der Waals surface area contributed by atoms with Crippen LogP contribution in [0.3, 0.4) is 0 Å². The summed E-state index contributed by atoms with van der Waals surface area (Å²) in [5.74, 6) is 0. The maximum atomic E-state index is 12.7. The van der Waals surface area contributed by atoms with Crippen LogP contribution in [0.2, 0.25) is 18.1 Å². The van der Waals surface area contributed by atoms with Gasteiger partial charge >= 0.3 is 7.82 Å². The minimum absolute atomic E-state index is 0.160. The largest absolute Gasteiger partial charge is 0.472 e. The molecule has 5 radical (unpaired) electrons. The van der Waals surface area contributed by atoms with Gasteiger partial charge in [0.1, 0.15) is 26.2 Å². The van der Waals surface area contributed by atoms with Gasteiger partial charge in [-0.05, 0) is 24.6 Å². The highest BCUT2D eigenvalue weighted by Crippen LogP contribution is 2.49. The van der Waals surface area contributed by atoms with Crippen molar-refractivity contribution in [1.82, 2.24) is 0 Å². The third-order valence-corrected chi connectivity index (χ3v) is 11.3. The van der Waals surface area contributed by atoms with Crippen molar-refractivity contribution in [2.45, 2.75) is 87.9 Å². The summed E-state index contributed by atoms with van der Waals surface area (Å²) in [5, 5.41) is 14.2. The maximum absolute atomic E-state index is 12.7. The molecule has 0 saturated carbocycles. The molecule has 0 aromatic heterocycles. The van der Waals surface area contributed by atoms with E-state index in [0.29, 0.717) is 0 Å². The van der Waals surface area contributed by atoms with Crippen LogP contribution in [-0.4, -0.2) is 103 Å². The van der Waals surface area contributed by atoms with Gasteiger partial charge < -0.3 is 29.0 Å². The third kappa shape index (κ3) is 6.43. The van der Waals surface area contributed by atoms with Gasteiger partial charge in [-0.25, -0.2) is 4.57 Å². The number of aliphatic hydroxyl groups is 2. The fourth-order valence-electron chi connectivity index (χ4n) is 3.06. The topological polar surface area (TPSA) is 124 Å². The van der Waals surface area contributed by atoms with Crippen LogP contribution in [0.5, 0.6) is 0 Å². The van der Waals surface area contributed by atoms with Crippen molar-refractivity contribution in [1.29, 1.82) is 1.43 Å². The first kappa shape index (κ1) is 25.0. The zero-order valence-corrected chi connectivity index (χ0v) is 20.0. The molecule has 14 heteroatoms. The first-order valence-corrected chi connectivity index (χ1v) is 14.3. The van der Waals surface area contributed by atoms with Crippen molar-refractivity contribution in [3.8, 4) is 0 Å². The first-order valence-electron chi connectivity index (χ1n) is 10.3. The number of phosphoric acid groups is 1. The Labute approximate surface area is 184 Å². The molecule has 0 spiro atoms. The van der Waals surface area contributed by atoms with Gasteiger partial charge in [0, 0.05) is 19.7 Å². The Bertz CT molecular complexity index is 644. The molecule has 167 valence electrons. The molecule has 2 heterocycles. The van der Waals surface area contributed by atoms with Crippen molar-refractivity contribution in [3.05, 3.63) is 0 Å². The molecule has 3 N–H and O–H groups in total. The molecular formula is C16H31B3O9PSi. The molecule has 3 unspecified atom stereocenters.